The highest BCUT2D eigenvalue weighted by Gasteiger charge is 2.13. The van der Waals surface area contributed by atoms with E-state index in [4.69, 9.17) is 4.42 Å². The molecule has 0 bridgehead atoms. The van der Waals surface area contributed by atoms with E-state index in [0.717, 1.165) is 10.6 Å². The molecule has 128 valence electrons. The maximum atomic E-state index is 13.0. The molecule has 0 aliphatic heterocycles. The van der Waals surface area contributed by atoms with Crippen molar-refractivity contribution in [2.45, 2.75) is 0 Å². The van der Waals surface area contributed by atoms with Gasteiger partial charge in [0.25, 0.3) is 5.91 Å². The Kier molecular flexibility index (Phi) is 4.33. The highest BCUT2D eigenvalue weighted by molar-refractivity contribution is 7.13. The minimum atomic E-state index is -0.347. The number of furan rings is 1. The van der Waals surface area contributed by atoms with E-state index in [9.17, 15) is 9.18 Å². The Morgan fingerprint density at radius 1 is 0.962 bits per heavy atom. The second kappa shape index (κ2) is 6.93. The third-order valence-corrected chi connectivity index (χ3v) is 4.60. The Labute approximate surface area is 152 Å². The Bertz CT molecular complexity index is 1020. The summed E-state index contributed by atoms with van der Waals surface area (Å²) in [5, 5.41) is 5.64. The molecule has 2 heterocycles. The average Bonchev–Trinajstić information content (AvgIpc) is 3.35. The normalized spacial score (nSPS) is 10.7. The number of hydrogen-bond donors (Lipinski definition) is 1. The first-order chi connectivity index (χ1) is 12.7. The number of carbonyl (C=O) groups is 1. The van der Waals surface area contributed by atoms with Crippen molar-refractivity contribution in [1.82, 2.24) is 4.98 Å². The van der Waals surface area contributed by atoms with Crippen molar-refractivity contribution in [2.24, 2.45) is 0 Å². The van der Waals surface area contributed by atoms with E-state index in [0.29, 0.717) is 17.0 Å². The molecule has 2 aromatic carbocycles. The molecule has 0 saturated carbocycles. The predicted molar refractivity (Wildman–Crippen MR) is 99.6 cm³/mol. The second-order valence-corrected chi connectivity index (χ2v) is 6.43. The van der Waals surface area contributed by atoms with Crippen molar-refractivity contribution >= 4 is 22.9 Å². The molecule has 0 fully saturated rings. The Morgan fingerprint density at radius 3 is 2.38 bits per heavy atom. The van der Waals surface area contributed by atoms with Crippen LogP contribution in [-0.2, 0) is 0 Å². The lowest BCUT2D eigenvalue weighted by Crippen LogP contribution is -2.10. The highest BCUT2D eigenvalue weighted by atomic mass is 32.1. The first kappa shape index (κ1) is 16.2. The molecular weight excluding hydrogens is 351 g/mol. The van der Waals surface area contributed by atoms with E-state index in [1.807, 2.05) is 29.6 Å². The van der Waals surface area contributed by atoms with E-state index >= 15 is 0 Å². The van der Waals surface area contributed by atoms with Gasteiger partial charge in [0.1, 0.15) is 16.6 Å². The lowest BCUT2D eigenvalue weighted by atomic mass is 10.2. The van der Waals surface area contributed by atoms with E-state index in [2.05, 4.69) is 10.3 Å². The van der Waals surface area contributed by atoms with Crippen LogP contribution in [0, 0.1) is 5.82 Å². The topological polar surface area (TPSA) is 55.1 Å². The van der Waals surface area contributed by atoms with Crippen molar-refractivity contribution in [1.29, 1.82) is 0 Å². The zero-order chi connectivity index (χ0) is 17.9. The number of thiazole rings is 1. The van der Waals surface area contributed by atoms with Gasteiger partial charge in [-0.3, -0.25) is 4.79 Å². The molecule has 1 N–H and O–H groups in total. The second-order valence-electron chi connectivity index (χ2n) is 5.54. The summed E-state index contributed by atoms with van der Waals surface area (Å²) in [6, 6.07) is 16.6. The largest absolute Gasteiger partial charge is 0.451 e. The summed E-state index contributed by atoms with van der Waals surface area (Å²) in [7, 11) is 0. The SMILES string of the molecule is O=C(Nc1ccc(-c2nccs2)cc1)c1ccc(-c2ccc(F)cc2)o1. The number of anilines is 1. The molecule has 1 amide bonds. The van der Waals surface area contributed by atoms with E-state index in [1.54, 1.807) is 41.8 Å². The maximum absolute atomic E-state index is 13.0. The van der Waals surface area contributed by atoms with Crippen LogP contribution in [0.25, 0.3) is 21.9 Å². The van der Waals surface area contributed by atoms with E-state index < -0.39 is 0 Å². The van der Waals surface area contributed by atoms with Crippen LogP contribution in [0.4, 0.5) is 10.1 Å². The molecule has 0 saturated heterocycles. The molecule has 0 unspecified atom stereocenters. The lowest BCUT2D eigenvalue weighted by Gasteiger charge is -2.04. The molecule has 0 radical (unpaired) electrons. The molecule has 0 aliphatic rings. The van der Waals surface area contributed by atoms with Gasteiger partial charge in [-0.2, -0.15) is 0 Å². The highest BCUT2D eigenvalue weighted by Crippen LogP contribution is 2.25. The van der Waals surface area contributed by atoms with Crippen LogP contribution in [0.1, 0.15) is 10.6 Å². The molecule has 4 aromatic rings. The molecule has 6 heteroatoms. The van der Waals surface area contributed by atoms with Crippen LogP contribution in [0.15, 0.2) is 76.7 Å². The minimum absolute atomic E-state index is 0.188. The maximum Gasteiger partial charge on any atom is 0.291 e. The molecular formula is C20H13FN2O2S. The molecule has 0 aliphatic carbocycles. The van der Waals surface area contributed by atoms with Gasteiger partial charge in [0, 0.05) is 28.4 Å². The van der Waals surface area contributed by atoms with Gasteiger partial charge in [-0.05, 0) is 60.7 Å². The summed E-state index contributed by atoms with van der Waals surface area (Å²) in [5.41, 5.74) is 2.36. The van der Waals surface area contributed by atoms with Gasteiger partial charge < -0.3 is 9.73 Å². The number of aromatic nitrogens is 1. The van der Waals surface area contributed by atoms with Gasteiger partial charge in [0.15, 0.2) is 5.76 Å². The van der Waals surface area contributed by atoms with Crippen molar-refractivity contribution in [2.75, 3.05) is 5.32 Å². The first-order valence-electron chi connectivity index (χ1n) is 7.86. The number of nitrogens with one attached hydrogen (secondary N) is 1. The smallest absolute Gasteiger partial charge is 0.291 e. The molecule has 4 rings (SSSR count). The predicted octanol–water partition coefficient (Wildman–Crippen LogP) is 5.46. The molecule has 4 nitrogen and oxygen atoms in total. The third kappa shape index (κ3) is 3.41. The molecule has 0 spiro atoms. The lowest BCUT2D eigenvalue weighted by molar-refractivity contribution is 0.0997. The quantitative estimate of drug-likeness (QED) is 0.523. The Balaban J connectivity index is 1.47. The zero-order valence-corrected chi connectivity index (χ0v) is 14.3. The van der Waals surface area contributed by atoms with Crippen LogP contribution >= 0.6 is 11.3 Å². The third-order valence-electron chi connectivity index (χ3n) is 3.78. The first-order valence-corrected chi connectivity index (χ1v) is 8.74. The fraction of sp³-hybridized carbons (Fsp3) is 0. The number of rotatable bonds is 4. The standard InChI is InChI=1S/C20H13FN2O2S/c21-15-5-1-13(2-6-15)17-9-10-18(25-17)19(24)23-16-7-3-14(4-8-16)20-22-11-12-26-20/h1-12H,(H,23,24). The van der Waals surface area contributed by atoms with Gasteiger partial charge in [-0.25, -0.2) is 9.37 Å². The number of hydrogen-bond acceptors (Lipinski definition) is 4. The Morgan fingerprint density at radius 2 is 1.69 bits per heavy atom. The van der Waals surface area contributed by atoms with Gasteiger partial charge >= 0.3 is 0 Å². The molecule has 2 aromatic heterocycles. The molecule has 26 heavy (non-hydrogen) atoms. The number of halogens is 1. The van der Waals surface area contributed by atoms with Crippen molar-refractivity contribution in [3.05, 3.63) is 83.8 Å². The number of nitrogens with zero attached hydrogens (tertiary/aromatic N) is 1. The summed E-state index contributed by atoms with van der Waals surface area (Å²) in [5.74, 6) is 0.0300. The minimum Gasteiger partial charge on any atom is -0.451 e. The van der Waals surface area contributed by atoms with Crippen molar-refractivity contribution < 1.29 is 13.6 Å². The van der Waals surface area contributed by atoms with E-state index in [-0.39, 0.29) is 17.5 Å². The van der Waals surface area contributed by atoms with Crippen LogP contribution in [0.2, 0.25) is 0 Å². The van der Waals surface area contributed by atoms with Gasteiger partial charge in [0.05, 0.1) is 0 Å². The van der Waals surface area contributed by atoms with Crippen LogP contribution in [-0.4, -0.2) is 10.9 Å². The van der Waals surface area contributed by atoms with Crippen LogP contribution in [0.5, 0.6) is 0 Å². The average molecular weight is 364 g/mol. The number of benzene rings is 2. The summed E-state index contributed by atoms with van der Waals surface area (Å²) >= 11 is 1.56. The van der Waals surface area contributed by atoms with Crippen molar-refractivity contribution in [3.63, 3.8) is 0 Å². The summed E-state index contributed by atoms with van der Waals surface area (Å²) in [4.78, 5) is 16.6. The van der Waals surface area contributed by atoms with Crippen LogP contribution in [0.3, 0.4) is 0 Å². The number of carbonyl (C=O) groups excluding carboxylic acids is 1. The van der Waals surface area contributed by atoms with Gasteiger partial charge in [0.2, 0.25) is 0 Å². The Hall–Kier alpha value is -3.25. The number of amides is 1. The van der Waals surface area contributed by atoms with Crippen LogP contribution < -0.4 is 5.32 Å². The fourth-order valence-electron chi connectivity index (χ4n) is 2.48. The summed E-state index contributed by atoms with van der Waals surface area (Å²) < 4.78 is 18.6. The van der Waals surface area contributed by atoms with Crippen molar-refractivity contribution in [3.8, 4) is 21.9 Å². The summed E-state index contributed by atoms with van der Waals surface area (Å²) in [6.45, 7) is 0. The molecule has 0 atom stereocenters. The summed E-state index contributed by atoms with van der Waals surface area (Å²) in [6.07, 6.45) is 1.76. The van der Waals surface area contributed by atoms with E-state index in [1.165, 1.54) is 12.1 Å². The van der Waals surface area contributed by atoms with Gasteiger partial charge in [-0.15, -0.1) is 11.3 Å². The zero-order valence-electron chi connectivity index (χ0n) is 13.5. The fourth-order valence-corrected chi connectivity index (χ4v) is 3.13. The van der Waals surface area contributed by atoms with Gasteiger partial charge in [-0.1, -0.05) is 0 Å². The monoisotopic (exact) mass is 364 g/mol.